The third kappa shape index (κ3) is 4.59. The maximum atomic E-state index is 7.12. The lowest BCUT2D eigenvalue weighted by atomic mass is 9.79. The van der Waals surface area contributed by atoms with Crippen molar-refractivity contribution in [2.24, 2.45) is 0 Å². The van der Waals surface area contributed by atoms with E-state index in [9.17, 15) is 0 Å². The fraction of sp³-hybridized carbons (Fsp3) is 0.234. The van der Waals surface area contributed by atoms with Gasteiger partial charge in [0.25, 0.3) is 0 Å². The Labute approximate surface area is 299 Å². The van der Waals surface area contributed by atoms with E-state index in [4.69, 9.17) is 4.42 Å². The van der Waals surface area contributed by atoms with Crippen molar-refractivity contribution in [3.63, 3.8) is 0 Å². The number of hydrogen-bond donors (Lipinski definition) is 0. The summed E-state index contributed by atoms with van der Waals surface area (Å²) in [7, 11) is 0. The molecule has 6 aromatic carbocycles. The van der Waals surface area contributed by atoms with Gasteiger partial charge in [-0.05, 0) is 87.2 Å². The summed E-state index contributed by atoms with van der Waals surface area (Å²) >= 11 is 1.86. The Hall–Kier alpha value is -4.86. The average molecular weight is 670 g/mol. The van der Waals surface area contributed by atoms with Gasteiger partial charge in [0.1, 0.15) is 5.58 Å². The summed E-state index contributed by atoms with van der Waals surface area (Å²) in [5.74, 6) is 0. The molecule has 1 aliphatic rings. The highest BCUT2D eigenvalue weighted by atomic mass is 32.1. The SMILES string of the molecule is CC(C)(C)c1cc(C(C)(C)C)c2oc3c(N(c4ccc5c(c4)C(C)(C)c4ccccc4-5)c4ccc5sc6ccccc6c5c4)cccc3c2c1. The first kappa shape index (κ1) is 31.1. The molecule has 248 valence electrons. The van der Waals surface area contributed by atoms with Gasteiger partial charge in [0.15, 0.2) is 5.58 Å². The number of thiophene rings is 1. The van der Waals surface area contributed by atoms with Gasteiger partial charge in [0, 0.05) is 53.3 Å². The zero-order valence-electron chi connectivity index (χ0n) is 30.2. The van der Waals surface area contributed by atoms with Gasteiger partial charge in [-0.25, -0.2) is 0 Å². The molecule has 50 heavy (non-hydrogen) atoms. The Morgan fingerprint density at radius 3 is 2.02 bits per heavy atom. The van der Waals surface area contributed by atoms with E-state index in [1.165, 1.54) is 58.9 Å². The van der Waals surface area contributed by atoms with E-state index in [0.29, 0.717) is 0 Å². The van der Waals surface area contributed by atoms with Crippen LogP contribution < -0.4 is 4.90 Å². The molecule has 0 saturated heterocycles. The highest BCUT2D eigenvalue weighted by Gasteiger charge is 2.36. The lowest BCUT2D eigenvalue weighted by Crippen LogP contribution is -2.16. The first-order chi connectivity index (χ1) is 23.8. The largest absolute Gasteiger partial charge is 0.454 e. The first-order valence-corrected chi connectivity index (χ1v) is 18.6. The van der Waals surface area contributed by atoms with Crippen LogP contribution in [0, 0.1) is 0 Å². The highest BCUT2D eigenvalue weighted by molar-refractivity contribution is 7.25. The number of rotatable bonds is 3. The lowest BCUT2D eigenvalue weighted by molar-refractivity contribution is 0.559. The minimum atomic E-state index is -0.114. The maximum Gasteiger partial charge on any atom is 0.159 e. The van der Waals surface area contributed by atoms with Crippen LogP contribution in [-0.4, -0.2) is 0 Å². The summed E-state index contributed by atoms with van der Waals surface area (Å²) in [4.78, 5) is 2.43. The van der Waals surface area contributed by atoms with Gasteiger partial charge in [-0.2, -0.15) is 0 Å². The van der Waals surface area contributed by atoms with E-state index in [2.05, 4.69) is 176 Å². The molecule has 0 radical (unpaired) electrons. The van der Waals surface area contributed by atoms with Gasteiger partial charge >= 0.3 is 0 Å². The molecule has 0 saturated carbocycles. The molecule has 0 atom stereocenters. The van der Waals surface area contributed by atoms with Gasteiger partial charge in [-0.15, -0.1) is 11.3 Å². The van der Waals surface area contributed by atoms with Crippen molar-refractivity contribution in [2.75, 3.05) is 4.90 Å². The van der Waals surface area contributed by atoms with Crippen LogP contribution in [0.15, 0.2) is 120 Å². The number of benzene rings is 6. The van der Waals surface area contributed by atoms with Crippen molar-refractivity contribution in [1.82, 2.24) is 0 Å². The molecule has 9 rings (SSSR count). The summed E-state index contributed by atoms with van der Waals surface area (Å²) in [6, 6.07) is 43.0. The standard InChI is InChI=1S/C47H43NOS/c1-45(2,3)28-24-36-34-16-13-18-40(44(34)49-43(36)39(25-28)46(4,5)6)48(29-21-23-42-35(26-29)33-15-10-12-19-41(33)50-42)30-20-22-32-31-14-9-11-17-37(31)47(7,8)38(32)27-30/h9-27H,1-8H3. The number of furan rings is 1. The van der Waals surface area contributed by atoms with Crippen LogP contribution in [0.5, 0.6) is 0 Å². The third-order valence-electron chi connectivity index (χ3n) is 10.9. The topological polar surface area (TPSA) is 16.4 Å². The van der Waals surface area contributed by atoms with Crippen LogP contribution in [0.3, 0.4) is 0 Å². The zero-order chi connectivity index (χ0) is 34.7. The van der Waals surface area contributed by atoms with E-state index >= 15 is 0 Å². The fourth-order valence-corrected chi connectivity index (χ4v) is 9.25. The Kier molecular flexibility index (Phi) is 6.59. The van der Waals surface area contributed by atoms with Crippen LogP contribution >= 0.6 is 11.3 Å². The van der Waals surface area contributed by atoms with E-state index in [-0.39, 0.29) is 16.2 Å². The molecule has 2 heterocycles. The quantitative estimate of drug-likeness (QED) is 0.186. The van der Waals surface area contributed by atoms with E-state index in [1.54, 1.807) is 0 Å². The predicted molar refractivity (Wildman–Crippen MR) is 216 cm³/mol. The second-order valence-corrected chi connectivity index (χ2v) is 17.8. The monoisotopic (exact) mass is 669 g/mol. The molecule has 0 fully saturated rings. The Morgan fingerprint density at radius 2 is 1.22 bits per heavy atom. The zero-order valence-corrected chi connectivity index (χ0v) is 31.0. The van der Waals surface area contributed by atoms with Crippen molar-refractivity contribution in [3.8, 4) is 11.1 Å². The average Bonchev–Trinajstić information content (AvgIpc) is 3.72. The number of hydrogen-bond acceptors (Lipinski definition) is 3. The summed E-state index contributed by atoms with van der Waals surface area (Å²) < 4.78 is 9.73. The van der Waals surface area contributed by atoms with Crippen LogP contribution in [-0.2, 0) is 16.2 Å². The second kappa shape index (κ2) is 10.6. The molecule has 3 heteroatoms. The van der Waals surface area contributed by atoms with E-state index in [1.807, 2.05) is 11.3 Å². The fourth-order valence-electron chi connectivity index (χ4n) is 8.16. The Balaban J connectivity index is 1.34. The van der Waals surface area contributed by atoms with Gasteiger partial charge in [0.05, 0.1) is 5.69 Å². The molecule has 0 bridgehead atoms. The molecule has 8 aromatic rings. The molecule has 2 aromatic heterocycles. The van der Waals surface area contributed by atoms with Crippen LogP contribution in [0.2, 0.25) is 0 Å². The summed E-state index contributed by atoms with van der Waals surface area (Å²) in [5, 5.41) is 4.91. The van der Waals surface area contributed by atoms with Crippen LogP contribution in [0.4, 0.5) is 17.1 Å². The van der Waals surface area contributed by atoms with Crippen LogP contribution in [0.1, 0.15) is 77.6 Å². The van der Waals surface area contributed by atoms with Crippen LogP contribution in [0.25, 0.3) is 53.2 Å². The number of para-hydroxylation sites is 1. The molecule has 0 unspecified atom stereocenters. The molecule has 1 aliphatic carbocycles. The van der Waals surface area contributed by atoms with E-state index < -0.39 is 0 Å². The smallest absolute Gasteiger partial charge is 0.159 e. The predicted octanol–water partition coefficient (Wildman–Crippen LogP) is 14.3. The third-order valence-corrected chi connectivity index (χ3v) is 12.1. The van der Waals surface area contributed by atoms with Crippen molar-refractivity contribution in [2.45, 2.75) is 71.6 Å². The van der Waals surface area contributed by atoms with Gasteiger partial charge in [-0.3, -0.25) is 0 Å². The van der Waals surface area contributed by atoms with Crippen molar-refractivity contribution in [3.05, 3.63) is 138 Å². The van der Waals surface area contributed by atoms with Gasteiger partial charge < -0.3 is 9.32 Å². The molecule has 0 amide bonds. The molecular formula is C47H43NOS. The van der Waals surface area contributed by atoms with E-state index in [0.717, 1.165) is 33.6 Å². The summed E-state index contributed by atoms with van der Waals surface area (Å²) in [6.07, 6.45) is 0. The van der Waals surface area contributed by atoms with Gasteiger partial charge in [-0.1, -0.05) is 122 Å². The van der Waals surface area contributed by atoms with Crippen molar-refractivity contribution >= 4 is 70.5 Å². The number of nitrogens with zero attached hydrogens (tertiary/aromatic N) is 1. The maximum absolute atomic E-state index is 7.12. The highest BCUT2D eigenvalue weighted by Crippen LogP contribution is 2.52. The summed E-state index contributed by atoms with van der Waals surface area (Å²) in [6.45, 7) is 18.5. The molecular weight excluding hydrogens is 627 g/mol. The number of anilines is 3. The Bertz CT molecular complexity index is 2650. The molecule has 0 spiro atoms. The second-order valence-electron chi connectivity index (χ2n) is 16.7. The lowest BCUT2D eigenvalue weighted by Gasteiger charge is -2.28. The number of fused-ring (bicyclic) bond motifs is 9. The normalized spacial score (nSPS) is 14.2. The first-order valence-electron chi connectivity index (χ1n) is 17.8. The van der Waals surface area contributed by atoms with Crippen molar-refractivity contribution in [1.29, 1.82) is 0 Å². The molecule has 0 aliphatic heterocycles. The van der Waals surface area contributed by atoms with Crippen molar-refractivity contribution < 1.29 is 4.42 Å². The van der Waals surface area contributed by atoms with Gasteiger partial charge in [0.2, 0.25) is 0 Å². The Morgan fingerprint density at radius 1 is 0.540 bits per heavy atom. The minimum Gasteiger partial charge on any atom is -0.454 e. The minimum absolute atomic E-state index is 0.00888. The molecule has 0 N–H and O–H groups in total. The molecule has 2 nitrogen and oxygen atoms in total. The summed E-state index contributed by atoms with van der Waals surface area (Å²) in [5.41, 5.74) is 13.0.